The van der Waals surface area contributed by atoms with Crippen LogP contribution in [0.5, 0.6) is 0 Å². The summed E-state index contributed by atoms with van der Waals surface area (Å²) in [6.07, 6.45) is 0.230. The van der Waals surface area contributed by atoms with E-state index in [1.165, 1.54) is 23.8 Å². The van der Waals surface area contributed by atoms with Crippen LogP contribution in [0.15, 0.2) is 77.1 Å². The second kappa shape index (κ2) is 11.0. The van der Waals surface area contributed by atoms with Crippen LogP contribution in [-0.4, -0.2) is 46.1 Å². The number of nitrogens with one attached hydrogen (secondary N) is 1. The minimum Gasteiger partial charge on any atom is -0.478 e. The van der Waals surface area contributed by atoms with Crippen LogP contribution in [0.2, 0.25) is 0 Å². The molecule has 2 aromatic carbocycles. The Bertz CT molecular complexity index is 1350. The molecule has 0 bridgehead atoms. The predicted octanol–water partition coefficient (Wildman–Crippen LogP) is 5.32. The molecule has 2 aromatic rings. The summed E-state index contributed by atoms with van der Waals surface area (Å²) in [6.45, 7) is 11.1. The number of allylic oxidation sites excluding steroid dienone is 2. The van der Waals surface area contributed by atoms with Crippen molar-refractivity contribution in [1.29, 1.82) is 0 Å². The average Bonchev–Trinajstić information content (AvgIpc) is 2.89. The van der Waals surface area contributed by atoms with E-state index in [-0.39, 0.29) is 28.3 Å². The second-order valence-electron chi connectivity index (χ2n) is 11.0. The van der Waals surface area contributed by atoms with Crippen LogP contribution >= 0.6 is 0 Å². The number of non-ortho nitro benzene ring substituents is 1. The fraction of sp³-hybridized carbons (Fsp3) is 0.400. The second-order valence-corrected chi connectivity index (χ2v) is 11.0. The zero-order valence-corrected chi connectivity index (χ0v) is 22.9. The molecule has 4 rings (SSSR count). The van der Waals surface area contributed by atoms with Gasteiger partial charge in [-0.15, -0.1) is 0 Å². The Morgan fingerprint density at radius 3 is 2.38 bits per heavy atom. The van der Waals surface area contributed by atoms with E-state index < -0.39 is 28.9 Å². The molecule has 2 heterocycles. The standard InChI is InChI=1S/C30H35N3O6/c1-18-25(28(34)35)27(22-12-9-13-23(16-22)33(37)38)26(19(2)31-18)29(36)39-24-14-15-32(17-30(24,4)5)20(3)21-10-7-6-8-11-21/h6-13,16,20,24,27,31H,14-15,17H2,1-5H3,(H,34,35). The molecule has 9 nitrogen and oxygen atoms in total. The number of carbonyl (C=O) groups excluding carboxylic acids is 1. The molecule has 0 spiro atoms. The zero-order chi connectivity index (χ0) is 28.5. The van der Waals surface area contributed by atoms with Crippen molar-refractivity contribution in [3.63, 3.8) is 0 Å². The number of carboxylic acid groups (broad SMARTS) is 1. The van der Waals surface area contributed by atoms with Gasteiger partial charge < -0.3 is 15.2 Å². The van der Waals surface area contributed by atoms with Gasteiger partial charge in [0.2, 0.25) is 0 Å². The minimum atomic E-state index is -1.21. The fourth-order valence-corrected chi connectivity index (χ4v) is 5.76. The van der Waals surface area contributed by atoms with Crippen molar-refractivity contribution in [2.24, 2.45) is 5.41 Å². The summed E-state index contributed by atoms with van der Waals surface area (Å²) in [6, 6.07) is 16.2. The largest absolute Gasteiger partial charge is 0.478 e. The monoisotopic (exact) mass is 533 g/mol. The number of likely N-dealkylation sites (tertiary alicyclic amines) is 1. The summed E-state index contributed by atoms with van der Waals surface area (Å²) in [7, 11) is 0. The number of piperidine rings is 1. The van der Waals surface area contributed by atoms with Crippen molar-refractivity contribution in [2.45, 2.75) is 59.1 Å². The maximum Gasteiger partial charge on any atom is 0.337 e. The van der Waals surface area contributed by atoms with Crippen molar-refractivity contribution in [3.05, 3.63) is 98.4 Å². The summed E-state index contributed by atoms with van der Waals surface area (Å²) in [4.78, 5) is 39.4. The molecule has 0 saturated carbocycles. The van der Waals surface area contributed by atoms with Gasteiger partial charge in [-0.05, 0) is 38.3 Å². The lowest BCUT2D eigenvalue weighted by molar-refractivity contribution is -0.384. The lowest BCUT2D eigenvalue weighted by Gasteiger charge is -2.46. The summed E-state index contributed by atoms with van der Waals surface area (Å²) in [5.41, 5.74) is 1.97. The van der Waals surface area contributed by atoms with Crippen molar-refractivity contribution in [1.82, 2.24) is 10.2 Å². The first-order chi connectivity index (χ1) is 18.4. The lowest BCUT2D eigenvalue weighted by Crippen LogP contribution is -2.51. The number of aliphatic carboxylic acids is 1. The number of nitro groups is 1. The Hall–Kier alpha value is -3.98. The number of carbonyl (C=O) groups is 2. The highest BCUT2D eigenvalue weighted by Crippen LogP contribution is 2.42. The maximum atomic E-state index is 13.8. The van der Waals surface area contributed by atoms with E-state index in [9.17, 15) is 24.8 Å². The highest BCUT2D eigenvalue weighted by Gasteiger charge is 2.43. The van der Waals surface area contributed by atoms with E-state index in [4.69, 9.17) is 4.74 Å². The van der Waals surface area contributed by atoms with Crippen LogP contribution in [0.25, 0.3) is 0 Å². The molecule has 1 saturated heterocycles. The van der Waals surface area contributed by atoms with Crippen LogP contribution in [0, 0.1) is 15.5 Å². The topological polar surface area (TPSA) is 122 Å². The van der Waals surface area contributed by atoms with Crippen LogP contribution in [0.1, 0.15) is 64.1 Å². The maximum absolute atomic E-state index is 13.8. The molecule has 39 heavy (non-hydrogen) atoms. The summed E-state index contributed by atoms with van der Waals surface area (Å²) in [5, 5.41) is 24.5. The highest BCUT2D eigenvalue weighted by molar-refractivity contribution is 5.99. The lowest BCUT2D eigenvalue weighted by atomic mass is 9.79. The quantitative estimate of drug-likeness (QED) is 0.279. The predicted molar refractivity (Wildman–Crippen MR) is 147 cm³/mol. The van der Waals surface area contributed by atoms with Gasteiger partial charge in [0.05, 0.1) is 22.0 Å². The molecule has 2 N–H and O–H groups in total. The number of ether oxygens (including phenoxy) is 1. The summed E-state index contributed by atoms with van der Waals surface area (Å²) in [5.74, 6) is -2.85. The van der Waals surface area contributed by atoms with Crippen LogP contribution in [0.3, 0.4) is 0 Å². The number of benzene rings is 2. The third-order valence-electron chi connectivity index (χ3n) is 7.86. The third kappa shape index (κ3) is 5.73. The Labute approximate surface area is 228 Å². The molecule has 1 fully saturated rings. The summed E-state index contributed by atoms with van der Waals surface area (Å²) < 4.78 is 6.13. The molecular weight excluding hydrogens is 498 g/mol. The molecule has 0 radical (unpaired) electrons. The van der Waals surface area contributed by atoms with Gasteiger partial charge in [0.25, 0.3) is 5.69 Å². The van der Waals surface area contributed by atoms with E-state index in [0.29, 0.717) is 29.9 Å². The van der Waals surface area contributed by atoms with E-state index in [1.807, 2.05) is 18.2 Å². The first-order valence-corrected chi connectivity index (χ1v) is 13.1. The Kier molecular flexibility index (Phi) is 7.92. The number of rotatable bonds is 7. The molecule has 3 unspecified atom stereocenters. The number of hydrogen-bond acceptors (Lipinski definition) is 7. The molecule has 2 aliphatic heterocycles. The number of dihydropyridines is 1. The number of carboxylic acids is 1. The minimum absolute atomic E-state index is 0.0428. The van der Waals surface area contributed by atoms with E-state index in [2.05, 4.69) is 43.1 Å². The van der Waals surface area contributed by atoms with Crippen LogP contribution < -0.4 is 5.32 Å². The van der Waals surface area contributed by atoms with Gasteiger partial charge in [0.15, 0.2) is 0 Å². The Morgan fingerprint density at radius 2 is 1.77 bits per heavy atom. The first kappa shape index (κ1) is 28.0. The van der Waals surface area contributed by atoms with Gasteiger partial charge in [-0.2, -0.15) is 0 Å². The van der Waals surface area contributed by atoms with Gasteiger partial charge in [-0.25, -0.2) is 9.59 Å². The number of nitrogens with zero attached hydrogens (tertiary/aromatic N) is 2. The highest BCUT2D eigenvalue weighted by atomic mass is 16.6. The SMILES string of the molecule is CC1=C(C(=O)O)C(c2cccc([N+](=O)[O-])c2)C(C(=O)OC2CCN(C(C)c3ccccc3)CC2(C)C)=C(C)N1. The summed E-state index contributed by atoms with van der Waals surface area (Å²) >= 11 is 0. The molecule has 206 valence electrons. The molecule has 3 atom stereocenters. The average molecular weight is 534 g/mol. The molecular formula is C30H35N3O6. The van der Waals surface area contributed by atoms with Crippen LogP contribution in [-0.2, 0) is 14.3 Å². The van der Waals surface area contributed by atoms with Gasteiger partial charge in [-0.3, -0.25) is 15.0 Å². The number of nitro benzene ring substituents is 1. The van der Waals surface area contributed by atoms with E-state index in [1.54, 1.807) is 19.9 Å². The van der Waals surface area contributed by atoms with Gasteiger partial charge >= 0.3 is 11.9 Å². The number of esters is 1. The van der Waals surface area contributed by atoms with Crippen molar-refractivity contribution >= 4 is 17.6 Å². The number of hydrogen-bond donors (Lipinski definition) is 2. The van der Waals surface area contributed by atoms with Crippen LogP contribution in [0.4, 0.5) is 5.69 Å². The third-order valence-corrected chi connectivity index (χ3v) is 7.86. The van der Waals surface area contributed by atoms with Gasteiger partial charge in [0.1, 0.15) is 6.10 Å². The van der Waals surface area contributed by atoms with Gasteiger partial charge in [0, 0.05) is 48.1 Å². The molecule has 0 aromatic heterocycles. The normalized spacial score (nSPS) is 22.2. The Balaban J connectivity index is 1.61. The zero-order valence-electron chi connectivity index (χ0n) is 22.9. The fourth-order valence-electron chi connectivity index (χ4n) is 5.76. The Morgan fingerprint density at radius 1 is 1.10 bits per heavy atom. The van der Waals surface area contributed by atoms with E-state index in [0.717, 1.165) is 6.54 Å². The van der Waals surface area contributed by atoms with Crippen molar-refractivity contribution in [2.75, 3.05) is 13.1 Å². The molecule has 0 amide bonds. The van der Waals surface area contributed by atoms with Gasteiger partial charge in [-0.1, -0.05) is 56.3 Å². The molecule has 9 heteroatoms. The molecule has 0 aliphatic carbocycles. The van der Waals surface area contributed by atoms with Crippen molar-refractivity contribution < 1.29 is 24.4 Å². The smallest absolute Gasteiger partial charge is 0.337 e. The molecule has 2 aliphatic rings. The first-order valence-electron chi connectivity index (χ1n) is 13.1. The van der Waals surface area contributed by atoms with Crippen molar-refractivity contribution in [3.8, 4) is 0 Å². The van der Waals surface area contributed by atoms with E-state index >= 15 is 0 Å².